The van der Waals surface area contributed by atoms with E-state index >= 15 is 0 Å². The molecule has 0 saturated carbocycles. The van der Waals surface area contributed by atoms with Crippen molar-refractivity contribution in [2.75, 3.05) is 6.61 Å². The van der Waals surface area contributed by atoms with Crippen LogP contribution in [0.3, 0.4) is 0 Å². The zero-order valence-electron chi connectivity index (χ0n) is 16.3. The van der Waals surface area contributed by atoms with Gasteiger partial charge in [-0.3, -0.25) is 0 Å². The predicted octanol–water partition coefficient (Wildman–Crippen LogP) is 7.77. The van der Waals surface area contributed by atoms with Gasteiger partial charge in [-0.15, -0.1) is 0 Å². The third-order valence-electron chi connectivity index (χ3n) is 3.77. The molecular formula is C20H19Br2Cl2F2NO3. The summed E-state index contributed by atoms with van der Waals surface area (Å²) in [6.45, 7) is 5.89. The number of hydrogen-bond donors (Lipinski definition) is 1. The molecule has 1 N–H and O–H groups in total. The van der Waals surface area contributed by atoms with Crippen LogP contribution in [-0.4, -0.2) is 18.7 Å². The maximum atomic E-state index is 14.1. The fraction of sp³-hybridized carbons (Fsp3) is 0.350. The Kier molecular flexibility index (Phi) is 8.80. The fourth-order valence-electron chi connectivity index (χ4n) is 2.57. The van der Waals surface area contributed by atoms with Gasteiger partial charge < -0.3 is 14.8 Å². The molecule has 0 aromatic heterocycles. The average molecular weight is 590 g/mol. The van der Waals surface area contributed by atoms with Gasteiger partial charge >= 0.3 is 6.09 Å². The van der Waals surface area contributed by atoms with Crippen molar-refractivity contribution in [1.29, 1.82) is 0 Å². The highest BCUT2D eigenvalue weighted by molar-refractivity contribution is 9.10. The van der Waals surface area contributed by atoms with Crippen LogP contribution in [0.2, 0.25) is 10.0 Å². The minimum Gasteiger partial charge on any atom is -0.488 e. The molecule has 1 atom stereocenters. The molecule has 10 heteroatoms. The van der Waals surface area contributed by atoms with Crippen LogP contribution in [0.1, 0.15) is 27.2 Å². The van der Waals surface area contributed by atoms with E-state index in [9.17, 15) is 13.6 Å². The van der Waals surface area contributed by atoms with Crippen molar-refractivity contribution < 1.29 is 23.0 Å². The number of ether oxygens (including phenoxy) is 2. The number of nitrogens with one attached hydrogen (secondary N) is 1. The summed E-state index contributed by atoms with van der Waals surface area (Å²) in [5.41, 5.74) is -0.186. The highest BCUT2D eigenvalue weighted by atomic mass is 79.9. The number of carbonyl (C=O) groups is 1. The predicted molar refractivity (Wildman–Crippen MR) is 121 cm³/mol. The highest BCUT2D eigenvalue weighted by Gasteiger charge is 2.23. The van der Waals surface area contributed by atoms with E-state index in [1.807, 2.05) is 20.8 Å². The van der Waals surface area contributed by atoms with Crippen molar-refractivity contribution in [3.8, 4) is 11.5 Å². The zero-order valence-corrected chi connectivity index (χ0v) is 21.0. The maximum absolute atomic E-state index is 14.1. The SMILES string of the molecule is CC(C)(C)C[C@@H](COc1cc(Br)c(Cl)cc1F)NC(=O)Oc1cc(Br)c(Cl)cc1F. The van der Waals surface area contributed by atoms with Gasteiger partial charge in [-0.05, 0) is 68.0 Å². The normalized spacial score (nSPS) is 12.4. The third kappa shape index (κ3) is 7.55. The molecule has 2 rings (SSSR count). The van der Waals surface area contributed by atoms with Crippen molar-refractivity contribution in [1.82, 2.24) is 5.32 Å². The molecule has 30 heavy (non-hydrogen) atoms. The Morgan fingerprint density at radius 3 is 2.07 bits per heavy atom. The summed E-state index contributed by atoms with van der Waals surface area (Å²) in [6, 6.07) is 4.29. The summed E-state index contributed by atoms with van der Waals surface area (Å²) in [5, 5.41) is 3.00. The molecule has 0 heterocycles. The highest BCUT2D eigenvalue weighted by Crippen LogP contribution is 2.31. The summed E-state index contributed by atoms with van der Waals surface area (Å²) < 4.78 is 39.6. The zero-order chi connectivity index (χ0) is 22.6. The van der Waals surface area contributed by atoms with Crippen LogP contribution in [0, 0.1) is 17.0 Å². The second kappa shape index (κ2) is 10.5. The molecule has 0 unspecified atom stereocenters. The van der Waals surface area contributed by atoms with Crippen LogP contribution in [-0.2, 0) is 0 Å². The van der Waals surface area contributed by atoms with E-state index in [2.05, 4.69) is 37.2 Å². The number of halogens is 6. The molecule has 4 nitrogen and oxygen atoms in total. The van der Waals surface area contributed by atoms with Crippen molar-refractivity contribution >= 4 is 61.2 Å². The van der Waals surface area contributed by atoms with Gasteiger partial charge in [-0.1, -0.05) is 44.0 Å². The summed E-state index contributed by atoms with van der Waals surface area (Å²) in [7, 11) is 0. The summed E-state index contributed by atoms with van der Waals surface area (Å²) in [6.07, 6.45) is -0.385. The molecule has 1 amide bonds. The molecule has 0 fully saturated rings. The number of hydrogen-bond acceptors (Lipinski definition) is 3. The summed E-state index contributed by atoms with van der Waals surface area (Å²) in [4.78, 5) is 12.3. The largest absolute Gasteiger partial charge is 0.488 e. The van der Waals surface area contributed by atoms with Crippen molar-refractivity contribution in [3.05, 3.63) is 54.9 Å². The van der Waals surface area contributed by atoms with E-state index < -0.39 is 23.8 Å². The molecule has 2 aromatic carbocycles. The van der Waals surface area contributed by atoms with Gasteiger partial charge in [0.25, 0.3) is 0 Å². The average Bonchev–Trinajstić information content (AvgIpc) is 2.60. The van der Waals surface area contributed by atoms with E-state index in [0.29, 0.717) is 15.4 Å². The number of carbonyl (C=O) groups excluding carboxylic acids is 1. The molecule has 0 radical (unpaired) electrons. The van der Waals surface area contributed by atoms with E-state index in [1.165, 1.54) is 12.1 Å². The molecule has 0 aliphatic rings. The Hall–Kier alpha value is -1.09. The Morgan fingerprint density at radius 2 is 1.53 bits per heavy atom. The van der Waals surface area contributed by atoms with E-state index in [-0.39, 0.29) is 33.6 Å². The van der Waals surface area contributed by atoms with Crippen LogP contribution in [0.15, 0.2) is 33.2 Å². The second-order valence-corrected chi connectivity index (χ2v) is 10.2. The van der Waals surface area contributed by atoms with Gasteiger partial charge in [0.05, 0.1) is 16.1 Å². The first-order chi connectivity index (χ1) is 13.9. The molecular weight excluding hydrogens is 571 g/mol. The Bertz CT molecular complexity index is 939. The van der Waals surface area contributed by atoms with Gasteiger partial charge in [0.1, 0.15) is 6.61 Å². The Labute approximate surface area is 200 Å². The first-order valence-corrected chi connectivity index (χ1v) is 11.1. The maximum Gasteiger partial charge on any atom is 0.413 e. The van der Waals surface area contributed by atoms with Crippen molar-refractivity contribution in [2.45, 2.75) is 33.2 Å². The standard InChI is InChI=1S/C20H19Br2Cl2F2NO3/c1-20(2,3)8-10(9-29-17-4-11(21)13(23)6-15(17)25)27-19(28)30-18-5-12(22)14(24)7-16(18)26/h4-7,10H,8-9H2,1-3H3,(H,27,28)/t10-/m0/s1. The molecule has 2 aromatic rings. The van der Waals surface area contributed by atoms with Crippen LogP contribution >= 0.6 is 55.1 Å². The van der Waals surface area contributed by atoms with Gasteiger partial charge in [-0.25, -0.2) is 13.6 Å². The molecule has 164 valence electrons. The lowest BCUT2D eigenvalue weighted by Gasteiger charge is -2.26. The third-order valence-corrected chi connectivity index (χ3v) is 6.17. The quantitative estimate of drug-likeness (QED) is 0.350. The van der Waals surface area contributed by atoms with Gasteiger partial charge in [-0.2, -0.15) is 0 Å². The van der Waals surface area contributed by atoms with Gasteiger partial charge in [0, 0.05) is 8.95 Å². The summed E-state index contributed by atoms with van der Waals surface area (Å²) >= 11 is 18.0. The van der Waals surface area contributed by atoms with E-state index in [0.717, 1.165) is 12.1 Å². The van der Waals surface area contributed by atoms with Crippen LogP contribution in [0.5, 0.6) is 11.5 Å². The lowest BCUT2D eigenvalue weighted by molar-refractivity contribution is 0.171. The first-order valence-electron chi connectivity index (χ1n) is 8.76. The van der Waals surface area contributed by atoms with Crippen LogP contribution in [0.4, 0.5) is 13.6 Å². The smallest absolute Gasteiger partial charge is 0.413 e. The Balaban J connectivity index is 2.10. The molecule has 0 bridgehead atoms. The van der Waals surface area contributed by atoms with Crippen molar-refractivity contribution in [3.63, 3.8) is 0 Å². The molecule has 0 spiro atoms. The van der Waals surface area contributed by atoms with E-state index in [1.54, 1.807) is 0 Å². The fourth-order valence-corrected chi connectivity index (χ4v) is 3.52. The first kappa shape index (κ1) is 25.2. The lowest BCUT2D eigenvalue weighted by atomic mass is 9.88. The summed E-state index contributed by atoms with van der Waals surface area (Å²) in [5.74, 6) is -1.72. The monoisotopic (exact) mass is 587 g/mol. The molecule has 0 aliphatic carbocycles. The number of rotatable bonds is 6. The van der Waals surface area contributed by atoms with Crippen LogP contribution in [0.25, 0.3) is 0 Å². The number of benzene rings is 2. The minimum absolute atomic E-state index is 0.0203. The van der Waals surface area contributed by atoms with E-state index in [4.69, 9.17) is 32.7 Å². The topological polar surface area (TPSA) is 47.6 Å². The second-order valence-electron chi connectivity index (χ2n) is 7.70. The van der Waals surface area contributed by atoms with Gasteiger partial charge in [0.15, 0.2) is 23.1 Å². The minimum atomic E-state index is -0.876. The van der Waals surface area contributed by atoms with Crippen LogP contribution < -0.4 is 14.8 Å². The molecule has 0 aliphatic heterocycles. The van der Waals surface area contributed by atoms with Gasteiger partial charge in [0.2, 0.25) is 0 Å². The Morgan fingerprint density at radius 1 is 1.03 bits per heavy atom. The lowest BCUT2D eigenvalue weighted by Crippen LogP contribution is -2.43. The molecule has 0 saturated heterocycles. The number of amides is 1. The van der Waals surface area contributed by atoms with Crippen molar-refractivity contribution in [2.24, 2.45) is 5.41 Å².